The number of nitrogens with zero attached hydrogens (tertiary/aromatic N) is 2. The molecule has 1 aromatic carbocycles. The Morgan fingerprint density at radius 1 is 1.40 bits per heavy atom. The van der Waals surface area contributed by atoms with Crippen molar-refractivity contribution in [2.45, 2.75) is 44.1 Å². The lowest BCUT2D eigenvalue weighted by atomic mass is 10.0. The van der Waals surface area contributed by atoms with Gasteiger partial charge in [-0.05, 0) is 44.4 Å². The third kappa shape index (κ3) is 4.12. The molecule has 9 heteroatoms. The Bertz CT molecular complexity index is 1070. The molecule has 1 aliphatic carbocycles. The highest BCUT2D eigenvalue weighted by molar-refractivity contribution is 6.08. The van der Waals surface area contributed by atoms with Crippen LogP contribution in [0.5, 0.6) is 0 Å². The second-order valence-corrected chi connectivity index (χ2v) is 8.35. The van der Waals surface area contributed by atoms with E-state index in [4.69, 9.17) is 5.73 Å². The summed E-state index contributed by atoms with van der Waals surface area (Å²) in [4.78, 5) is 17.3. The number of H-pyrrole nitrogens is 1. The second kappa shape index (κ2) is 7.33. The van der Waals surface area contributed by atoms with Crippen molar-refractivity contribution in [3.05, 3.63) is 42.4 Å². The van der Waals surface area contributed by atoms with E-state index >= 15 is 0 Å². The van der Waals surface area contributed by atoms with Gasteiger partial charge in [0.05, 0.1) is 29.5 Å². The zero-order valence-electron chi connectivity index (χ0n) is 16.9. The van der Waals surface area contributed by atoms with Gasteiger partial charge in [0, 0.05) is 28.9 Å². The molecule has 1 amide bonds. The number of halogens is 1. The third-order valence-electron chi connectivity index (χ3n) is 5.45. The van der Waals surface area contributed by atoms with E-state index < -0.39 is 24.3 Å². The van der Waals surface area contributed by atoms with E-state index in [9.17, 15) is 14.3 Å². The number of alkyl halides is 1. The molecular formula is C21H25FN6O2. The van der Waals surface area contributed by atoms with Gasteiger partial charge < -0.3 is 21.5 Å². The van der Waals surface area contributed by atoms with Crippen molar-refractivity contribution < 1.29 is 14.3 Å². The number of amides is 1. The molecule has 4 rings (SSSR count). The molecule has 0 radical (unpaired) electrons. The molecular weight excluding hydrogens is 387 g/mol. The number of carbonyl (C=O) groups is 1. The molecule has 2 atom stereocenters. The zero-order valence-corrected chi connectivity index (χ0v) is 16.9. The van der Waals surface area contributed by atoms with E-state index in [0.717, 1.165) is 41.8 Å². The molecule has 0 aliphatic heterocycles. The Labute approximate surface area is 173 Å². The van der Waals surface area contributed by atoms with Gasteiger partial charge in [-0.25, -0.2) is 4.39 Å². The molecule has 2 aromatic heterocycles. The van der Waals surface area contributed by atoms with Gasteiger partial charge >= 0.3 is 0 Å². The van der Waals surface area contributed by atoms with Gasteiger partial charge in [0.15, 0.2) is 6.17 Å². The van der Waals surface area contributed by atoms with Crippen molar-refractivity contribution in [2.24, 2.45) is 5.73 Å². The van der Waals surface area contributed by atoms with E-state index in [0.29, 0.717) is 11.3 Å². The van der Waals surface area contributed by atoms with Crippen LogP contribution in [0.3, 0.4) is 0 Å². The van der Waals surface area contributed by atoms with Crippen molar-refractivity contribution in [1.82, 2.24) is 20.5 Å². The Morgan fingerprint density at radius 2 is 2.17 bits per heavy atom. The number of nitrogens with two attached hydrogens (primary N) is 1. The topological polar surface area (TPSA) is 129 Å². The summed E-state index contributed by atoms with van der Waals surface area (Å²) >= 11 is 0. The number of nitrogens with one attached hydrogen (secondary N) is 3. The minimum absolute atomic E-state index is 0.0987. The van der Waals surface area contributed by atoms with Gasteiger partial charge in [-0.3, -0.25) is 14.9 Å². The minimum Gasteiger partial charge on any atom is -0.379 e. The van der Waals surface area contributed by atoms with Crippen molar-refractivity contribution in [1.29, 1.82) is 0 Å². The van der Waals surface area contributed by atoms with Crippen molar-refractivity contribution in [3.8, 4) is 11.1 Å². The summed E-state index contributed by atoms with van der Waals surface area (Å²) in [5.41, 5.74) is 6.78. The van der Waals surface area contributed by atoms with Crippen LogP contribution in [0, 0.1) is 0 Å². The summed E-state index contributed by atoms with van der Waals surface area (Å²) in [6.45, 7) is 2.83. The smallest absolute Gasteiger partial charge is 0.255 e. The maximum Gasteiger partial charge on any atom is 0.255 e. The van der Waals surface area contributed by atoms with Crippen molar-refractivity contribution in [2.75, 3.05) is 11.9 Å². The average Bonchev–Trinajstić information content (AvgIpc) is 3.18. The SMILES string of the molecule is CC1(Nc2c(C(=O)NC[C@@H](F)C(C)(N)O)cnc3ccc(-c4cn[nH]c4)cc23)CC1. The lowest BCUT2D eigenvalue weighted by molar-refractivity contribution is -0.0126. The predicted octanol–water partition coefficient (Wildman–Crippen LogP) is 2.32. The average molecular weight is 412 g/mol. The molecule has 6 N–H and O–H groups in total. The first kappa shape index (κ1) is 20.2. The molecule has 1 unspecified atom stereocenters. The molecule has 1 aliphatic rings. The number of carbonyl (C=O) groups excluding carboxylic acids is 1. The van der Waals surface area contributed by atoms with E-state index in [2.05, 4.69) is 32.7 Å². The Morgan fingerprint density at radius 3 is 2.80 bits per heavy atom. The van der Waals surface area contributed by atoms with E-state index in [-0.39, 0.29) is 5.54 Å². The fraction of sp³-hybridized carbons (Fsp3) is 0.381. The number of aliphatic hydroxyl groups is 1. The molecule has 8 nitrogen and oxygen atoms in total. The van der Waals surface area contributed by atoms with Crippen molar-refractivity contribution >= 4 is 22.5 Å². The quantitative estimate of drug-likeness (QED) is 0.379. The normalized spacial score (nSPS) is 17.9. The summed E-state index contributed by atoms with van der Waals surface area (Å²) in [7, 11) is 0. The lowest BCUT2D eigenvalue weighted by Crippen LogP contribution is -2.50. The largest absolute Gasteiger partial charge is 0.379 e. The molecule has 158 valence electrons. The Kier molecular flexibility index (Phi) is 4.95. The van der Waals surface area contributed by atoms with Crippen LogP contribution in [0.25, 0.3) is 22.0 Å². The number of aromatic nitrogens is 3. The molecule has 0 bridgehead atoms. The third-order valence-corrected chi connectivity index (χ3v) is 5.45. The number of pyridine rings is 1. The molecule has 1 fully saturated rings. The molecule has 0 saturated heterocycles. The molecule has 2 heterocycles. The van der Waals surface area contributed by atoms with Crippen LogP contribution in [0.4, 0.5) is 10.1 Å². The summed E-state index contributed by atoms with van der Waals surface area (Å²) in [6, 6.07) is 5.79. The molecule has 1 saturated carbocycles. The second-order valence-electron chi connectivity index (χ2n) is 8.35. The van der Waals surface area contributed by atoms with Crippen LogP contribution in [0.2, 0.25) is 0 Å². The van der Waals surface area contributed by atoms with Crippen LogP contribution in [-0.4, -0.2) is 50.2 Å². The number of rotatable bonds is 7. The van der Waals surface area contributed by atoms with E-state index in [1.807, 2.05) is 18.2 Å². The first-order chi connectivity index (χ1) is 14.2. The summed E-state index contributed by atoms with van der Waals surface area (Å²) in [5, 5.41) is 23.1. The van der Waals surface area contributed by atoms with Crippen LogP contribution in [-0.2, 0) is 0 Å². The number of hydrogen-bond acceptors (Lipinski definition) is 6. The fourth-order valence-corrected chi connectivity index (χ4v) is 3.19. The maximum absolute atomic E-state index is 14.0. The standard InChI is InChI=1S/C21H25FN6O2/c1-20(5-6-20)28-18-14-7-12(13-8-26-27-9-13)3-4-16(14)24-10-15(18)19(29)25-11-17(22)21(2,23)30/h3-4,7-10,17,30H,5-6,11,23H2,1-2H3,(H,24,28)(H,25,29)(H,26,27)/t17-,21?/m1/s1. The van der Waals surface area contributed by atoms with Crippen LogP contribution in [0.1, 0.15) is 37.0 Å². The zero-order chi connectivity index (χ0) is 21.5. The van der Waals surface area contributed by atoms with E-state index in [1.54, 1.807) is 12.4 Å². The predicted molar refractivity (Wildman–Crippen MR) is 113 cm³/mol. The highest BCUT2D eigenvalue weighted by Crippen LogP contribution is 2.41. The molecule has 30 heavy (non-hydrogen) atoms. The van der Waals surface area contributed by atoms with Crippen molar-refractivity contribution in [3.63, 3.8) is 0 Å². The number of hydrogen-bond donors (Lipinski definition) is 5. The molecule has 3 aromatic rings. The summed E-state index contributed by atoms with van der Waals surface area (Å²) in [5.74, 6) is -0.489. The summed E-state index contributed by atoms with van der Waals surface area (Å²) < 4.78 is 14.0. The Hall–Kier alpha value is -3.04. The maximum atomic E-state index is 14.0. The van der Waals surface area contributed by atoms with Gasteiger partial charge in [-0.15, -0.1) is 0 Å². The highest BCUT2D eigenvalue weighted by Gasteiger charge is 2.38. The number of aromatic amines is 1. The van der Waals surface area contributed by atoms with Crippen LogP contribution < -0.4 is 16.4 Å². The van der Waals surface area contributed by atoms with Crippen LogP contribution in [0.15, 0.2) is 36.8 Å². The number of fused-ring (bicyclic) bond motifs is 1. The minimum atomic E-state index is -2.03. The van der Waals surface area contributed by atoms with Crippen LogP contribution >= 0.6 is 0 Å². The van der Waals surface area contributed by atoms with Gasteiger partial charge in [-0.2, -0.15) is 5.10 Å². The number of benzene rings is 1. The molecule has 0 spiro atoms. The summed E-state index contributed by atoms with van der Waals surface area (Å²) in [6.07, 6.45) is 5.17. The highest BCUT2D eigenvalue weighted by atomic mass is 19.1. The first-order valence-corrected chi connectivity index (χ1v) is 9.80. The lowest BCUT2D eigenvalue weighted by Gasteiger charge is -2.23. The van der Waals surface area contributed by atoms with Gasteiger partial charge in [0.25, 0.3) is 5.91 Å². The van der Waals surface area contributed by atoms with Gasteiger partial charge in [0.2, 0.25) is 0 Å². The Balaban J connectivity index is 1.72. The van der Waals surface area contributed by atoms with Gasteiger partial charge in [0.1, 0.15) is 5.72 Å². The fourth-order valence-electron chi connectivity index (χ4n) is 3.19. The number of anilines is 1. The monoisotopic (exact) mass is 412 g/mol. The van der Waals surface area contributed by atoms with E-state index in [1.165, 1.54) is 6.20 Å². The first-order valence-electron chi connectivity index (χ1n) is 9.80. The van der Waals surface area contributed by atoms with Gasteiger partial charge in [-0.1, -0.05) is 6.07 Å².